The highest BCUT2D eigenvalue weighted by Crippen LogP contribution is 2.47. The molecule has 0 aliphatic rings. The van der Waals surface area contributed by atoms with Gasteiger partial charge < -0.3 is 9.32 Å². The van der Waals surface area contributed by atoms with E-state index < -0.39 is 0 Å². The van der Waals surface area contributed by atoms with E-state index in [0.29, 0.717) is 0 Å². The Hall–Kier alpha value is -6.68. The Morgan fingerprint density at radius 2 is 1.06 bits per heavy atom. The number of hydrogen-bond acceptors (Lipinski definition) is 3. The summed E-state index contributed by atoms with van der Waals surface area (Å²) in [6.07, 6.45) is 0. The van der Waals surface area contributed by atoms with Gasteiger partial charge >= 0.3 is 0 Å². The molecule has 0 saturated carbocycles. The summed E-state index contributed by atoms with van der Waals surface area (Å²) in [6, 6.07) is 68.1. The number of furan rings is 1. The van der Waals surface area contributed by atoms with E-state index in [1.165, 1.54) is 47.5 Å². The molecule has 11 rings (SSSR count). The lowest BCUT2D eigenvalue weighted by Crippen LogP contribution is -2.10. The Morgan fingerprint density at radius 3 is 1.94 bits per heavy atom. The first-order valence-electron chi connectivity index (χ1n) is 18.0. The molecule has 0 unspecified atom stereocenters. The van der Waals surface area contributed by atoms with Crippen LogP contribution in [0.25, 0.3) is 85.9 Å². The Kier molecular flexibility index (Phi) is 6.76. The van der Waals surface area contributed by atoms with Crippen LogP contribution in [0, 0.1) is 0 Å². The molecule has 11 aromatic rings. The molecular formula is C50H31NOS. The molecule has 3 heteroatoms. The van der Waals surface area contributed by atoms with E-state index in [0.717, 1.165) is 55.5 Å². The minimum Gasteiger partial charge on any atom is -0.455 e. The van der Waals surface area contributed by atoms with E-state index in [2.05, 4.69) is 193 Å². The predicted molar refractivity (Wildman–Crippen MR) is 227 cm³/mol. The quantitative estimate of drug-likeness (QED) is 0.178. The van der Waals surface area contributed by atoms with Gasteiger partial charge in [-0.05, 0) is 99.1 Å². The molecular weight excluding hydrogens is 663 g/mol. The highest BCUT2D eigenvalue weighted by Gasteiger charge is 2.21. The van der Waals surface area contributed by atoms with E-state index in [4.69, 9.17) is 4.42 Å². The minimum absolute atomic E-state index is 0.897. The van der Waals surface area contributed by atoms with Crippen LogP contribution in [0.4, 0.5) is 17.1 Å². The second-order valence-corrected chi connectivity index (χ2v) is 14.8. The summed E-state index contributed by atoms with van der Waals surface area (Å²) >= 11 is 1.85. The Morgan fingerprint density at radius 1 is 0.396 bits per heavy atom. The number of benzene rings is 9. The van der Waals surface area contributed by atoms with Crippen molar-refractivity contribution in [2.24, 2.45) is 0 Å². The van der Waals surface area contributed by atoms with Crippen molar-refractivity contribution in [1.82, 2.24) is 0 Å². The van der Waals surface area contributed by atoms with Gasteiger partial charge in [0.1, 0.15) is 11.2 Å². The van der Waals surface area contributed by atoms with Gasteiger partial charge in [0.25, 0.3) is 0 Å². The summed E-state index contributed by atoms with van der Waals surface area (Å²) in [5, 5.41) is 9.61. The first-order chi connectivity index (χ1) is 26.3. The Balaban J connectivity index is 1.13. The number of thiophene rings is 1. The number of rotatable bonds is 5. The molecule has 2 nitrogen and oxygen atoms in total. The molecule has 0 atom stereocenters. The molecule has 2 heterocycles. The van der Waals surface area contributed by atoms with Gasteiger partial charge in [-0.15, -0.1) is 11.3 Å². The highest BCUT2D eigenvalue weighted by molar-refractivity contribution is 7.26. The van der Waals surface area contributed by atoms with E-state index in [1.54, 1.807) is 0 Å². The van der Waals surface area contributed by atoms with Crippen molar-refractivity contribution in [2.45, 2.75) is 0 Å². The third kappa shape index (κ3) is 4.86. The van der Waals surface area contributed by atoms with Gasteiger partial charge in [0.2, 0.25) is 0 Å². The van der Waals surface area contributed by atoms with Gasteiger partial charge in [-0.1, -0.05) is 127 Å². The Bertz CT molecular complexity index is 3200. The summed E-state index contributed by atoms with van der Waals surface area (Å²) in [5.74, 6) is 0. The molecule has 0 amide bonds. The van der Waals surface area contributed by atoms with Crippen molar-refractivity contribution in [3.8, 4) is 22.3 Å². The zero-order chi connectivity index (χ0) is 34.9. The van der Waals surface area contributed by atoms with Crippen LogP contribution in [0.3, 0.4) is 0 Å². The maximum Gasteiger partial charge on any atom is 0.143 e. The normalized spacial score (nSPS) is 11.8. The van der Waals surface area contributed by atoms with Gasteiger partial charge in [-0.3, -0.25) is 0 Å². The molecule has 248 valence electrons. The van der Waals surface area contributed by atoms with Crippen LogP contribution >= 0.6 is 11.3 Å². The van der Waals surface area contributed by atoms with Crippen molar-refractivity contribution in [3.05, 3.63) is 188 Å². The lowest BCUT2D eigenvalue weighted by molar-refractivity contribution is 0.673. The van der Waals surface area contributed by atoms with Crippen LogP contribution in [-0.2, 0) is 0 Å². The van der Waals surface area contributed by atoms with Crippen LogP contribution in [0.2, 0.25) is 0 Å². The second-order valence-electron chi connectivity index (χ2n) is 13.7. The summed E-state index contributed by atoms with van der Waals surface area (Å²) in [5.41, 5.74) is 9.86. The summed E-state index contributed by atoms with van der Waals surface area (Å²) in [6.45, 7) is 0. The maximum atomic E-state index is 6.60. The van der Waals surface area contributed by atoms with Crippen molar-refractivity contribution in [3.63, 3.8) is 0 Å². The zero-order valence-corrected chi connectivity index (χ0v) is 29.5. The smallest absolute Gasteiger partial charge is 0.143 e. The third-order valence-corrected chi connectivity index (χ3v) is 11.7. The Labute approximate surface area is 310 Å². The van der Waals surface area contributed by atoms with Crippen LogP contribution in [0.15, 0.2) is 192 Å². The van der Waals surface area contributed by atoms with Crippen molar-refractivity contribution < 1.29 is 4.42 Å². The van der Waals surface area contributed by atoms with Gasteiger partial charge in [0.05, 0.1) is 5.69 Å². The van der Waals surface area contributed by atoms with E-state index in [-0.39, 0.29) is 0 Å². The molecule has 2 aromatic heterocycles. The molecule has 53 heavy (non-hydrogen) atoms. The first kappa shape index (κ1) is 30.0. The SMILES string of the molecule is c1cc(-c2ccc3ccccc3c2)cc(N(c2cccc(-c3cccc4oc5c6ccccc6ccc5c34)c2)c2cccc3sc4ccccc4c23)c1. The number of fused-ring (bicyclic) bond motifs is 9. The molecule has 9 aromatic carbocycles. The fourth-order valence-electron chi connectivity index (χ4n) is 8.17. The monoisotopic (exact) mass is 693 g/mol. The number of nitrogens with zero attached hydrogens (tertiary/aromatic N) is 1. The molecule has 0 aliphatic heterocycles. The van der Waals surface area contributed by atoms with Crippen LogP contribution in [0.5, 0.6) is 0 Å². The summed E-state index contributed by atoms with van der Waals surface area (Å²) in [7, 11) is 0. The van der Waals surface area contributed by atoms with Crippen LogP contribution < -0.4 is 4.90 Å². The lowest BCUT2D eigenvalue weighted by atomic mass is 9.97. The average molecular weight is 694 g/mol. The minimum atomic E-state index is 0.897. The predicted octanol–water partition coefficient (Wildman–Crippen LogP) is 15.1. The fourth-order valence-corrected chi connectivity index (χ4v) is 9.30. The molecule has 0 radical (unpaired) electrons. The lowest BCUT2D eigenvalue weighted by Gasteiger charge is -2.27. The molecule has 0 spiro atoms. The molecule has 0 N–H and O–H groups in total. The van der Waals surface area contributed by atoms with Crippen molar-refractivity contribution in [1.29, 1.82) is 0 Å². The molecule has 0 saturated heterocycles. The zero-order valence-electron chi connectivity index (χ0n) is 28.7. The highest BCUT2D eigenvalue weighted by atomic mass is 32.1. The molecule has 0 bridgehead atoms. The standard InChI is InChI=1S/C50H31NOS/c1-2-13-34-29-36(26-25-32(34)11-1)35-14-7-16-38(30-35)51(44-21-10-24-47-49(44)42-19-5-6-23-46(42)53-47)39-17-8-15-37(31-39)40-20-9-22-45-48(40)43-28-27-33-12-3-4-18-41(33)50(43)52-45/h1-31H. The largest absolute Gasteiger partial charge is 0.455 e. The average Bonchev–Trinajstić information content (AvgIpc) is 3.80. The van der Waals surface area contributed by atoms with E-state index in [9.17, 15) is 0 Å². The van der Waals surface area contributed by atoms with Gasteiger partial charge in [-0.25, -0.2) is 0 Å². The first-order valence-corrected chi connectivity index (χ1v) is 18.8. The van der Waals surface area contributed by atoms with Crippen LogP contribution in [0.1, 0.15) is 0 Å². The number of hydrogen-bond donors (Lipinski definition) is 0. The van der Waals surface area contributed by atoms with Gasteiger partial charge in [0, 0.05) is 47.7 Å². The summed E-state index contributed by atoms with van der Waals surface area (Å²) in [4.78, 5) is 2.44. The second kappa shape index (κ2) is 11.9. The van der Waals surface area contributed by atoms with E-state index in [1.807, 2.05) is 11.3 Å². The molecule has 0 fully saturated rings. The van der Waals surface area contributed by atoms with E-state index >= 15 is 0 Å². The number of anilines is 3. The topological polar surface area (TPSA) is 16.4 Å². The third-order valence-electron chi connectivity index (χ3n) is 10.6. The van der Waals surface area contributed by atoms with Crippen molar-refractivity contribution in [2.75, 3.05) is 4.90 Å². The van der Waals surface area contributed by atoms with Gasteiger partial charge in [0.15, 0.2) is 0 Å². The van der Waals surface area contributed by atoms with Crippen LogP contribution in [-0.4, -0.2) is 0 Å². The molecule has 0 aliphatic carbocycles. The maximum absolute atomic E-state index is 6.60. The summed E-state index contributed by atoms with van der Waals surface area (Å²) < 4.78 is 9.16. The van der Waals surface area contributed by atoms with Gasteiger partial charge in [-0.2, -0.15) is 0 Å². The van der Waals surface area contributed by atoms with Crippen molar-refractivity contribution >= 4 is 92.1 Å². The fraction of sp³-hybridized carbons (Fsp3) is 0.